The number of halogens is 1. The van der Waals surface area contributed by atoms with Gasteiger partial charge in [-0.3, -0.25) is 0 Å². The topological polar surface area (TPSA) is 20.2 Å². The van der Waals surface area contributed by atoms with E-state index in [0.717, 1.165) is 0 Å². The van der Waals surface area contributed by atoms with Crippen molar-refractivity contribution in [2.24, 2.45) is 0 Å². The van der Waals surface area contributed by atoms with Gasteiger partial charge in [-0.15, -0.1) is 0 Å². The summed E-state index contributed by atoms with van der Waals surface area (Å²) in [4.78, 5) is 0. The number of alkyl halides is 1. The fraction of sp³-hybridized carbons (Fsp3) is 1.00. The summed E-state index contributed by atoms with van der Waals surface area (Å²) < 4.78 is 11.4. The molecule has 1 saturated carbocycles. The summed E-state index contributed by atoms with van der Waals surface area (Å²) in [5.74, 6) is -1.75. The molecule has 1 nitrogen and oxygen atoms in total. The van der Waals surface area contributed by atoms with Crippen LogP contribution in [-0.4, -0.2) is 11.0 Å². The maximum Gasteiger partial charge on any atom is 0.207 e. The third kappa shape index (κ3) is 0.581. The van der Waals surface area contributed by atoms with Crippen LogP contribution in [0.3, 0.4) is 0 Å². The number of hydrogen-bond acceptors (Lipinski definition) is 1. The van der Waals surface area contributed by atoms with E-state index in [9.17, 15) is 4.39 Å². The Morgan fingerprint density at radius 3 is 1.80 bits per heavy atom. The molecule has 0 atom stereocenters. The first-order valence-corrected chi connectivity index (χ1v) is 1.62. The highest BCUT2D eigenvalue weighted by Crippen LogP contribution is 2.35. The first-order chi connectivity index (χ1) is 2.21. The van der Waals surface area contributed by atoms with Crippen molar-refractivity contribution >= 4 is 0 Å². The molecule has 0 heterocycles. The zero-order valence-corrected chi connectivity index (χ0v) is 2.74. The molecular formula is C3H5FO. The average Bonchev–Trinajstić information content (AvgIpc) is 1.76. The molecule has 5 heavy (non-hydrogen) atoms. The zero-order chi connectivity index (χ0) is 3.91. The predicted molar refractivity (Wildman–Crippen MR) is 15.3 cm³/mol. The van der Waals surface area contributed by atoms with E-state index < -0.39 is 5.85 Å². The smallest absolute Gasteiger partial charge is 0.207 e. The minimum atomic E-state index is -1.75. The number of aliphatic hydroxyl groups is 1. The zero-order valence-electron chi connectivity index (χ0n) is 2.74. The maximum atomic E-state index is 11.4. The standard InChI is InChI=1S/C3H5FO/c4-3(5)1-2-3/h5H,1-2H2. The molecule has 1 aliphatic rings. The highest BCUT2D eigenvalue weighted by Gasteiger charge is 2.40. The Kier molecular flexibility index (Phi) is 0.323. The molecule has 30 valence electrons. The summed E-state index contributed by atoms with van der Waals surface area (Å²) in [5.41, 5.74) is 0. The third-order valence-corrected chi connectivity index (χ3v) is 0.663. The highest BCUT2D eigenvalue weighted by molar-refractivity contribution is 4.80. The van der Waals surface area contributed by atoms with Crippen LogP contribution in [0.4, 0.5) is 4.39 Å². The van der Waals surface area contributed by atoms with Crippen LogP contribution >= 0.6 is 0 Å². The Hall–Kier alpha value is -0.110. The van der Waals surface area contributed by atoms with Crippen LogP contribution < -0.4 is 0 Å². The predicted octanol–water partition coefficient (Wildman–Crippen LogP) is 0.438. The molecule has 0 radical (unpaired) electrons. The van der Waals surface area contributed by atoms with Crippen molar-refractivity contribution in [1.29, 1.82) is 0 Å². The van der Waals surface area contributed by atoms with Crippen molar-refractivity contribution in [1.82, 2.24) is 0 Å². The van der Waals surface area contributed by atoms with Crippen LogP contribution in [0.15, 0.2) is 0 Å². The summed E-state index contributed by atoms with van der Waals surface area (Å²) in [7, 11) is 0. The van der Waals surface area contributed by atoms with Gasteiger partial charge in [0, 0.05) is 12.8 Å². The molecule has 0 amide bonds. The lowest BCUT2D eigenvalue weighted by Gasteiger charge is -1.81. The first kappa shape index (κ1) is 3.09. The van der Waals surface area contributed by atoms with E-state index in [-0.39, 0.29) is 0 Å². The lowest BCUT2D eigenvalue weighted by Crippen LogP contribution is -1.91. The van der Waals surface area contributed by atoms with Crippen LogP contribution in [0.5, 0.6) is 0 Å². The van der Waals surface area contributed by atoms with Crippen LogP contribution in [0.2, 0.25) is 0 Å². The van der Waals surface area contributed by atoms with Gasteiger partial charge in [0.15, 0.2) is 0 Å². The minimum Gasteiger partial charge on any atom is -0.362 e. The summed E-state index contributed by atoms with van der Waals surface area (Å²) in [6.45, 7) is 0. The second kappa shape index (κ2) is 0.522. The van der Waals surface area contributed by atoms with E-state index in [4.69, 9.17) is 5.11 Å². The van der Waals surface area contributed by atoms with Crippen molar-refractivity contribution < 1.29 is 9.50 Å². The molecule has 0 saturated heterocycles. The quantitative estimate of drug-likeness (QED) is 0.444. The molecule has 1 aliphatic carbocycles. The number of rotatable bonds is 0. The molecule has 1 fully saturated rings. The first-order valence-electron chi connectivity index (χ1n) is 1.62. The number of hydrogen-bond donors (Lipinski definition) is 1. The average molecular weight is 76.1 g/mol. The van der Waals surface area contributed by atoms with E-state index in [1.54, 1.807) is 0 Å². The van der Waals surface area contributed by atoms with Gasteiger partial charge < -0.3 is 5.11 Å². The van der Waals surface area contributed by atoms with Crippen molar-refractivity contribution in [2.75, 3.05) is 0 Å². The summed E-state index contributed by atoms with van der Waals surface area (Å²) in [6, 6.07) is 0. The molecule has 0 aliphatic heterocycles. The van der Waals surface area contributed by atoms with E-state index in [1.165, 1.54) is 0 Å². The van der Waals surface area contributed by atoms with Crippen molar-refractivity contribution in [2.45, 2.75) is 18.7 Å². The van der Waals surface area contributed by atoms with Crippen LogP contribution in [-0.2, 0) is 0 Å². The van der Waals surface area contributed by atoms with E-state index in [2.05, 4.69) is 0 Å². The van der Waals surface area contributed by atoms with Gasteiger partial charge >= 0.3 is 0 Å². The molecule has 0 aromatic heterocycles. The van der Waals surface area contributed by atoms with Gasteiger partial charge in [0.25, 0.3) is 0 Å². The maximum absolute atomic E-state index is 11.4. The monoisotopic (exact) mass is 76.0 g/mol. The van der Waals surface area contributed by atoms with Crippen LogP contribution in [0.25, 0.3) is 0 Å². The molecular weight excluding hydrogens is 71.0 g/mol. The molecule has 0 unspecified atom stereocenters. The summed E-state index contributed by atoms with van der Waals surface area (Å²) in [6.07, 6.45) is 0.681. The molecule has 0 aromatic carbocycles. The second-order valence-corrected chi connectivity index (χ2v) is 1.42. The SMILES string of the molecule is OC1(F)CC1. The third-order valence-electron chi connectivity index (χ3n) is 0.663. The molecule has 0 bridgehead atoms. The van der Waals surface area contributed by atoms with E-state index in [0.29, 0.717) is 12.8 Å². The molecule has 1 rings (SSSR count). The van der Waals surface area contributed by atoms with E-state index in [1.807, 2.05) is 0 Å². The van der Waals surface area contributed by atoms with Gasteiger partial charge in [0.05, 0.1) is 0 Å². The van der Waals surface area contributed by atoms with Gasteiger partial charge in [-0.2, -0.15) is 0 Å². The second-order valence-electron chi connectivity index (χ2n) is 1.42. The highest BCUT2D eigenvalue weighted by atomic mass is 19.2. The van der Waals surface area contributed by atoms with E-state index >= 15 is 0 Å². The summed E-state index contributed by atoms with van der Waals surface area (Å²) in [5, 5.41) is 7.97. The molecule has 0 aromatic rings. The Labute approximate surface area is 29.4 Å². The molecule has 0 spiro atoms. The van der Waals surface area contributed by atoms with Crippen molar-refractivity contribution in [3.05, 3.63) is 0 Å². The molecule has 2 heteroatoms. The minimum absolute atomic E-state index is 0.340. The lowest BCUT2D eigenvalue weighted by molar-refractivity contribution is 0.0139. The molecule has 1 N–H and O–H groups in total. The van der Waals surface area contributed by atoms with Gasteiger partial charge in [-0.1, -0.05) is 0 Å². The lowest BCUT2D eigenvalue weighted by atomic mass is 10.8. The Balaban J connectivity index is 2.38. The van der Waals surface area contributed by atoms with Gasteiger partial charge in [0.2, 0.25) is 5.85 Å². The fourth-order valence-electron chi connectivity index (χ4n) is 0.103. The largest absolute Gasteiger partial charge is 0.362 e. The van der Waals surface area contributed by atoms with Gasteiger partial charge in [-0.05, 0) is 0 Å². The summed E-state index contributed by atoms with van der Waals surface area (Å²) >= 11 is 0. The normalized spacial score (nSPS) is 30.0. The Bertz CT molecular complexity index is 44.9. The fourth-order valence-corrected chi connectivity index (χ4v) is 0.103. The van der Waals surface area contributed by atoms with Crippen LogP contribution in [0, 0.1) is 0 Å². The van der Waals surface area contributed by atoms with Crippen molar-refractivity contribution in [3.63, 3.8) is 0 Å². The van der Waals surface area contributed by atoms with Crippen molar-refractivity contribution in [3.8, 4) is 0 Å². The van der Waals surface area contributed by atoms with Gasteiger partial charge in [-0.25, -0.2) is 4.39 Å². The van der Waals surface area contributed by atoms with Crippen LogP contribution in [0.1, 0.15) is 12.8 Å². The Morgan fingerprint density at radius 1 is 1.60 bits per heavy atom. The van der Waals surface area contributed by atoms with Gasteiger partial charge in [0.1, 0.15) is 0 Å². The Morgan fingerprint density at radius 2 is 1.80 bits per heavy atom.